The molecule has 0 amide bonds. The van der Waals surface area contributed by atoms with Crippen LogP contribution >= 0.6 is 0 Å². The molecule has 18 heavy (non-hydrogen) atoms. The van der Waals surface area contributed by atoms with E-state index in [1.54, 1.807) is 13.2 Å². The van der Waals surface area contributed by atoms with Gasteiger partial charge in [-0.25, -0.2) is 4.39 Å². The largest absolute Gasteiger partial charge is 0.505 e. The van der Waals surface area contributed by atoms with E-state index in [1.165, 1.54) is 12.1 Å². The molecule has 1 saturated heterocycles. The summed E-state index contributed by atoms with van der Waals surface area (Å²) in [4.78, 5) is 2.32. The third kappa shape index (κ3) is 3.43. The number of aromatic hydroxyl groups is 1. The fourth-order valence-corrected chi connectivity index (χ4v) is 2.45. The van der Waals surface area contributed by atoms with E-state index in [2.05, 4.69) is 4.90 Å². The van der Waals surface area contributed by atoms with Gasteiger partial charge in [-0.2, -0.15) is 0 Å². The number of methoxy groups -OCH3 is 1. The number of benzene rings is 1. The highest BCUT2D eigenvalue weighted by Crippen LogP contribution is 2.21. The molecular formula is C14H20FNO2. The molecule has 1 aromatic carbocycles. The van der Waals surface area contributed by atoms with Crippen molar-refractivity contribution < 1.29 is 14.2 Å². The molecule has 1 aliphatic heterocycles. The molecule has 0 atom stereocenters. The Balaban J connectivity index is 1.85. The minimum Gasteiger partial charge on any atom is -0.505 e. The van der Waals surface area contributed by atoms with Crippen molar-refractivity contribution in [2.75, 3.05) is 26.8 Å². The van der Waals surface area contributed by atoms with E-state index in [0.717, 1.165) is 44.6 Å². The van der Waals surface area contributed by atoms with Crippen LogP contribution in [0.4, 0.5) is 4.39 Å². The van der Waals surface area contributed by atoms with Gasteiger partial charge in [0.15, 0.2) is 11.6 Å². The molecule has 3 nitrogen and oxygen atoms in total. The maximum Gasteiger partial charge on any atom is 0.165 e. The number of likely N-dealkylation sites (tertiary alicyclic amines) is 1. The monoisotopic (exact) mass is 253 g/mol. The summed E-state index contributed by atoms with van der Waals surface area (Å²) in [7, 11) is 1.74. The van der Waals surface area contributed by atoms with Crippen molar-refractivity contribution in [2.24, 2.45) is 5.92 Å². The van der Waals surface area contributed by atoms with Gasteiger partial charge in [0.2, 0.25) is 0 Å². The van der Waals surface area contributed by atoms with Crippen molar-refractivity contribution >= 4 is 0 Å². The maximum absolute atomic E-state index is 13.2. The Morgan fingerprint density at radius 3 is 2.72 bits per heavy atom. The zero-order valence-electron chi connectivity index (χ0n) is 10.7. The second-order valence-corrected chi connectivity index (χ2v) is 4.96. The summed E-state index contributed by atoms with van der Waals surface area (Å²) < 4.78 is 18.4. The molecule has 1 heterocycles. The van der Waals surface area contributed by atoms with Crippen LogP contribution in [0.25, 0.3) is 0 Å². The van der Waals surface area contributed by atoms with Gasteiger partial charge in [-0.15, -0.1) is 0 Å². The van der Waals surface area contributed by atoms with Gasteiger partial charge in [0.05, 0.1) is 0 Å². The smallest absolute Gasteiger partial charge is 0.165 e. The van der Waals surface area contributed by atoms with Crippen LogP contribution in [0.3, 0.4) is 0 Å². The number of hydrogen-bond donors (Lipinski definition) is 1. The van der Waals surface area contributed by atoms with Crippen molar-refractivity contribution in [1.29, 1.82) is 0 Å². The van der Waals surface area contributed by atoms with Crippen molar-refractivity contribution in [3.05, 3.63) is 29.6 Å². The number of hydrogen-bond acceptors (Lipinski definition) is 3. The van der Waals surface area contributed by atoms with Crippen LogP contribution in [-0.4, -0.2) is 36.8 Å². The third-order valence-electron chi connectivity index (χ3n) is 3.53. The molecule has 1 N–H and O–H groups in total. The molecule has 2 rings (SSSR count). The van der Waals surface area contributed by atoms with E-state index in [4.69, 9.17) is 9.84 Å². The van der Waals surface area contributed by atoms with Gasteiger partial charge in [-0.3, -0.25) is 4.90 Å². The van der Waals surface area contributed by atoms with E-state index >= 15 is 0 Å². The van der Waals surface area contributed by atoms with Gasteiger partial charge in [-0.05, 0) is 49.5 Å². The van der Waals surface area contributed by atoms with Crippen LogP contribution in [0.15, 0.2) is 18.2 Å². The number of phenolic OH excluding ortho intramolecular Hbond substituents is 1. The molecule has 0 unspecified atom stereocenters. The Kier molecular flexibility index (Phi) is 4.55. The molecule has 0 saturated carbocycles. The van der Waals surface area contributed by atoms with Crippen LogP contribution in [-0.2, 0) is 11.3 Å². The van der Waals surface area contributed by atoms with Crippen molar-refractivity contribution in [1.82, 2.24) is 4.90 Å². The Hall–Kier alpha value is -1.13. The number of nitrogens with zero attached hydrogens (tertiary/aromatic N) is 1. The van der Waals surface area contributed by atoms with Gasteiger partial charge in [-0.1, -0.05) is 6.07 Å². The van der Waals surface area contributed by atoms with Crippen LogP contribution in [0, 0.1) is 11.7 Å². The molecular weight excluding hydrogens is 233 g/mol. The fraction of sp³-hybridized carbons (Fsp3) is 0.571. The summed E-state index contributed by atoms with van der Waals surface area (Å²) in [6.07, 6.45) is 2.27. The highest BCUT2D eigenvalue weighted by molar-refractivity contribution is 5.27. The minimum absolute atomic E-state index is 0.280. The first-order valence-electron chi connectivity index (χ1n) is 6.37. The topological polar surface area (TPSA) is 32.7 Å². The predicted molar refractivity (Wildman–Crippen MR) is 67.9 cm³/mol. The van der Waals surface area contributed by atoms with Crippen molar-refractivity contribution in [3.63, 3.8) is 0 Å². The zero-order valence-corrected chi connectivity index (χ0v) is 10.7. The van der Waals surface area contributed by atoms with Crippen LogP contribution < -0.4 is 0 Å². The average molecular weight is 253 g/mol. The van der Waals surface area contributed by atoms with Gasteiger partial charge >= 0.3 is 0 Å². The van der Waals surface area contributed by atoms with Crippen molar-refractivity contribution in [2.45, 2.75) is 19.4 Å². The summed E-state index contributed by atoms with van der Waals surface area (Å²) in [5.74, 6) is -0.165. The first-order chi connectivity index (χ1) is 8.69. The SMILES string of the molecule is COCC1CCN(Cc2ccc(O)c(F)c2)CC1. The minimum atomic E-state index is -0.540. The summed E-state index contributed by atoms with van der Waals surface area (Å²) in [6.45, 7) is 3.63. The number of phenols is 1. The Labute approximate surface area is 107 Å². The summed E-state index contributed by atoms with van der Waals surface area (Å²) >= 11 is 0. The molecule has 1 aromatic rings. The normalized spacial score (nSPS) is 18.1. The second kappa shape index (κ2) is 6.16. The third-order valence-corrected chi connectivity index (χ3v) is 3.53. The number of rotatable bonds is 4. The summed E-state index contributed by atoms with van der Waals surface area (Å²) in [5, 5.41) is 9.14. The lowest BCUT2D eigenvalue weighted by molar-refractivity contribution is 0.0968. The molecule has 0 bridgehead atoms. The van der Waals surface area contributed by atoms with Crippen LogP contribution in [0.5, 0.6) is 5.75 Å². The quantitative estimate of drug-likeness (QED) is 0.894. The maximum atomic E-state index is 13.2. The van der Waals surface area contributed by atoms with Gasteiger partial charge in [0, 0.05) is 20.3 Å². The molecule has 100 valence electrons. The van der Waals surface area contributed by atoms with E-state index < -0.39 is 5.82 Å². The predicted octanol–water partition coefficient (Wildman–Crippen LogP) is 2.39. The van der Waals surface area contributed by atoms with Gasteiger partial charge < -0.3 is 9.84 Å². The first-order valence-corrected chi connectivity index (χ1v) is 6.37. The summed E-state index contributed by atoms with van der Waals surface area (Å²) in [6, 6.07) is 4.61. The fourth-order valence-electron chi connectivity index (χ4n) is 2.45. The molecule has 4 heteroatoms. The molecule has 0 aliphatic carbocycles. The Morgan fingerprint density at radius 2 is 2.11 bits per heavy atom. The lowest BCUT2D eigenvalue weighted by Gasteiger charge is -2.31. The average Bonchev–Trinajstić information content (AvgIpc) is 2.37. The standard InChI is InChI=1S/C14H20FNO2/c1-18-10-11-4-6-16(7-5-11)9-12-2-3-14(17)13(15)8-12/h2-3,8,11,17H,4-7,9-10H2,1H3. The Bertz CT molecular complexity index is 389. The number of halogens is 1. The van der Waals surface area contributed by atoms with E-state index in [9.17, 15) is 4.39 Å². The molecule has 0 radical (unpaired) electrons. The van der Waals surface area contributed by atoms with Crippen molar-refractivity contribution in [3.8, 4) is 5.75 Å². The number of ether oxygens (including phenoxy) is 1. The molecule has 0 aromatic heterocycles. The lowest BCUT2D eigenvalue weighted by atomic mass is 9.97. The molecule has 0 spiro atoms. The van der Waals surface area contributed by atoms with E-state index in [1.807, 2.05) is 0 Å². The first kappa shape index (κ1) is 13.3. The highest BCUT2D eigenvalue weighted by Gasteiger charge is 2.19. The lowest BCUT2D eigenvalue weighted by Crippen LogP contribution is -2.34. The van der Waals surface area contributed by atoms with E-state index in [-0.39, 0.29) is 5.75 Å². The Morgan fingerprint density at radius 1 is 1.39 bits per heavy atom. The van der Waals surface area contributed by atoms with Crippen LogP contribution in [0.1, 0.15) is 18.4 Å². The van der Waals surface area contributed by atoms with E-state index in [0.29, 0.717) is 5.92 Å². The van der Waals surface area contributed by atoms with Gasteiger partial charge in [0.1, 0.15) is 0 Å². The van der Waals surface area contributed by atoms with Crippen LogP contribution in [0.2, 0.25) is 0 Å². The second-order valence-electron chi connectivity index (χ2n) is 4.96. The molecule has 1 aliphatic rings. The molecule has 1 fully saturated rings. The summed E-state index contributed by atoms with van der Waals surface area (Å²) in [5.41, 5.74) is 0.912. The highest BCUT2D eigenvalue weighted by atomic mass is 19.1. The van der Waals surface area contributed by atoms with Gasteiger partial charge in [0.25, 0.3) is 0 Å². The zero-order chi connectivity index (χ0) is 13.0. The number of piperidine rings is 1.